The second-order valence-electron chi connectivity index (χ2n) is 5.57. The average molecular weight is 269 g/mol. The molecule has 0 aliphatic heterocycles. The van der Waals surface area contributed by atoms with Crippen molar-refractivity contribution < 1.29 is 9.59 Å². The van der Waals surface area contributed by atoms with Crippen molar-refractivity contribution in [2.75, 3.05) is 20.6 Å². The van der Waals surface area contributed by atoms with Crippen LogP contribution in [0.4, 0.5) is 0 Å². The van der Waals surface area contributed by atoms with Gasteiger partial charge in [-0.25, -0.2) is 0 Å². The van der Waals surface area contributed by atoms with Gasteiger partial charge >= 0.3 is 0 Å². The maximum atomic E-state index is 11.9. The largest absolute Gasteiger partial charge is 0.352 e. The van der Waals surface area contributed by atoms with Crippen molar-refractivity contribution in [3.05, 3.63) is 0 Å². The van der Waals surface area contributed by atoms with Crippen LogP contribution in [0.2, 0.25) is 0 Å². The van der Waals surface area contributed by atoms with Crippen LogP contribution in [0.5, 0.6) is 0 Å². The maximum absolute atomic E-state index is 11.9. The van der Waals surface area contributed by atoms with Crippen molar-refractivity contribution in [1.29, 1.82) is 0 Å². The Hall–Kier alpha value is -1.10. The molecule has 2 N–H and O–H groups in total. The molecule has 0 heterocycles. The first-order valence-electron chi connectivity index (χ1n) is 7.20. The van der Waals surface area contributed by atoms with Gasteiger partial charge in [-0.15, -0.1) is 0 Å². The Balaban J connectivity index is 2.34. The molecular weight excluding hydrogens is 242 g/mol. The summed E-state index contributed by atoms with van der Waals surface area (Å²) in [4.78, 5) is 25.4. The standard InChI is InChI=1S/C14H27N3O2/c1-5-15-10(2)13(18)16-12-8-6-11(7-9-12)14(19)17(3)4/h10-12,15H,5-9H2,1-4H3,(H,16,18)/t10-,11-,12-/m1/s1. The summed E-state index contributed by atoms with van der Waals surface area (Å²) in [5, 5.41) is 6.17. The lowest BCUT2D eigenvalue weighted by Gasteiger charge is -2.30. The molecule has 5 nitrogen and oxygen atoms in total. The fraction of sp³-hybridized carbons (Fsp3) is 0.857. The molecule has 5 heteroatoms. The van der Waals surface area contributed by atoms with Gasteiger partial charge in [-0.3, -0.25) is 9.59 Å². The molecule has 1 rings (SSSR count). The Morgan fingerprint density at radius 2 is 1.79 bits per heavy atom. The van der Waals surface area contributed by atoms with E-state index in [1.165, 1.54) is 0 Å². The Morgan fingerprint density at radius 3 is 2.26 bits per heavy atom. The molecule has 0 aromatic heterocycles. The maximum Gasteiger partial charge on any atom is 0.237 e. The lowest BCUT2D eigenvalue weighted by molar-refractivity contribution is -0.134. The molecule has 0 saturated heterocycles. The molecule has 0 aromatic carbocycles. The third-order valence-corrected chi connectivity index (χ3v) is 3.77. The number of likely N-dealkylation sites (N-methyl/N-ethyl adjacent to an activating group) is 1. The quantitative estimate of drug-likeness (QED) is 0.774. The van der Waals surface area contributed by atoms with E-state index in [1.807, 2.05) is 13.8 Å². The smallest absolute Gasteiger partial charge is 0.237 e. The van der Waals surface area contributed by atoms with E-state index in [1.54, 1.807) is 19.0 Å². The summed E-state index contributed by atoms with van der Waals surface area (Å²) in [5.74, 6) is 0.407. The van der Waals surface area contributed by atoms with Gasteiger partial charge in [0.05, 0.1) is 6.04 Å². The van der Waals surface area contributed by atoms with Crippen molar-refractivity contribution >= 4 is 11.8 Å². The van der Waals surface area contributed by atoms with Gasteiger partial charge in [-0.05, 0) is 39.2 Å². The summed E-state index contributed by atoms with van der Waals surface area (Å²) in [6.07, 6.45) is 3.54. The third-order valence-electron chi connectivity index (χ3n) is 3.77. The second-order valence-corrected chi connectivity index (χ2v) is 5.57. The van der Waals surface area contributed by atoms with Crippen LogP contribution in [0.3, 0.4) is 0 Å². The van der Waals surface area contributed by atoms with E-state index >= 15 is 0 Å². The molecule has 0 aromatic rings. The van der Waals surface area contributed by atoms with E-state index in [4.69, 9.17) is 0 Å². The molecule has 1 atom stereocenters. The van der Waals surface area contributed by atoms with Gasteiger partial charge in [0, 0.05) is 26.1 Å². The van der Waals surface area contributed by atoms with Crippen LogP contribution in [0.1, 0.15) is 39.5 Å². The fourth-order valence-electron chi connectivity index (χ4n) is 2.57. The molecule has 19 heavy (non-hydrogen) atoms. The Bertz CT molecular complexity index is 310. The molecule has 1 aliphatic rings. The van der Waals surface area contributed by atoms with Crippen molar-refractivity contribution in [2.45, 2.75) is 51.6 Å². The number of amides is 2. The normalized spacial score (nSPS) is 24.6. The zero-order chi connectivity index (χ0) is 14.4. The number of hydrogen-bond donors (Lipinski definition) is 2. The number of carbonyl (C=O) groups excluding carboxylic acids is 2. The predicted octanol–water partition coefficient (Wildman–Crippen LogP) is 0.748. The highest BCUT2D eigenvalue weighted by Crippen LogP contribution is 2.25. The molecule has 1 fully saturated rings. The van der Waals surface area contributed by atoms with E-state index in [-0.39, 0.29) is 29.8 Å². The third kappa shape index (κ3) is 4.82. The summed E-state index contributed by atoms with van der Waals surface area (Å²) >= 11 is 0. The van der Waals surface area contributed by atoms with Crippen molar-refractivity contribution in [1.82, 2.24) is 15.5 Å². The first-order valence-corrected chi connectivity index (χ1v) is 7.20. The average Bonchev–Trinajstić information content (AvgIpc) is 2.38. The summed E-state index contributed by atoms with van der Waals surface area (Å²) in [5.41, 5.74) is 0. The van der Waals surface area contributed by atoms with E-state index in [2.05, 4.69) is 10.6 Å². The van der Waals surface area contributed by atoms with Crippen LogP contribution in [0.15, 0.2) is 0 Å². The van der Waals surface area contributed by atoms with Gasteiger partial charge in [0.15, 0.2) is 0 Å². The van der Waals surface area contributed by atoms with E-state index in [9.17, 15) is 9.59 Å². The van der Waals surface area contributed by atoms with Crippen LogP contribution < -0.4 is 10.6 Å². The predicted molar refractivity (Wildman–Crippen MR) is 75.7 cm³/mol. The van der Waals surface area contributed by atoms with Gasteiger partial charge < -0.3 is 15.5 Å². The molecular formula is C14H27N3O2. The van der Waals surface area contributed by atoms with Gasteiger partial charge in [-0.1, -0.05) is 6.92 Å². The van der Waals surface area contributed by atoms with Gasteiger partial charge in [-0.2, -0.15) is 0 Å². The van der Waals surface area contributed by atoms with Crippen LogP contribution >= 0.6 is 0 Å². The molecule has 1 aliphatic carbocycles. The highest BCUT2D eigenvalue weighted by atomic mass is 16.2. The minimum Gasteiger partial charge on any atom is -0.352 e. The SMILES string of the molecule is CCN[C@H](C)C(=O)N[C@H]1CC[C@H](C(=O)N(C)C)CC1. The monoisotopic (exact) mass is 269 g/mol. The minimum absolute atomic E-state index is 0.0595. The van der Waals surface area contributed by atoms with Gasteiger partial charge in [0.1, 0.15) is 0 Å². The number of carbonyl (C=O) groups is 2. The molecule has 0 unspecified atom stereocenters. The topological polar surface area (TPSA) is 61.4 Å². The Kier molecular flexibility index (Phi) is 6.28. The minimum atomic E-state index is -0.147. The van der Waals surface area contributed by atoms with E-state index in [0.29, 0.717) is 0 Å². The molecule has 2 amide bonds. The summed E-state index contributed by atoms with van der Waals surface area (Å²) < 4.78 is 0. The zero-order valence-electron chi connectivity index (χ0n) is 12.5. The summed E-state index contributed by atoms with van der Waals surface area (Å²) in [6.45, 7) is 4.65. The Morgan fingerprint density at radius 1 is 1.21 bits per heavy atom. The number of rotatable bonds is 5. The van der Waals surface area contributed by atoms with Crippen LogP contribution in [-0.2, 0) is 9.59 Å². The highest BCUT2D eigenvalue weighted by Gasteiger charge is 2.28. The molecule has 0 spiro atoms. The van der Waals surface area contributed by atoms with E-state index in [0.717, 1.165) is 32.2 Å². The summed E-state index contributed by atoms with van der Waals surface area (Å²) in [6, 6.07) is 0.0750. The molecule has 0 bridgehead atoms. The highest BCUT2D eigenvalue weighted by molar-refractivity contribution is 5.81. The molecule has 0 radical (unpaired) electrons. The first-order chi connectivity index (χ1) is 8.95. The van der Waals surface area contributed by atoms with Crippen molar-refractivity contribution in [2.24, 2.45) is 5.92 Å². The fourth-order valence-corrected chi connectivity index (χ4v) is 2.57. The first kappa shape index (κ1) is 16.0. The molecule has 110 valence electrons. The lowest BCUT2D eigenvalue weighted by Crippen LogP contribution is -2.47. The van der Waals surface area contributed by atoms with Crippen LogP contribution in [0, 0.1) is 5.92 Å². The van der Waals surface area contributed by atoms with Gasteiger partial charge in [0.2, 0.25) is 11.8 Å². The van der Waals surface area contributed by atoms with Crippen LogP contribution in [0.25, 0.3) is 0 Å². The zero-order valence-corrected chi connectivity index (χ0v) is 12.5. The van der Waals surface area contributed by atoms with Crippen molar-refractivity contribution in [3.8, 4) is 0 Å². The van der Waals surface area contributed by atoms with Crippen molar-refractivity contribution in [3.63, 3.8) is 0 Å². The molecule has 1 saturated carbocycles. The van der Waals surface area contributed by atoms with Crippen LogP contribution in [-0.4, -0.2) is 49.4 Å². The number of nitrogens with one attached hydrogen (secondary N) is 2. The number of hydrogen-bond acceptors (Lipinski definition) is 3. The van der Waals surface area contributed by atoms with E-state index < -0.39 is 0 Å². The second kappa shape index (κ2) is 7.48. The lowest BCUT2D eigenvalue weighted by atomic mass is 9.85. The van der Waals surface area contributed by atoms with Gasteiger partial charge in [0.25, 0.3) is 0 Å². The Labute approximate surface area is 116 Å². The summed E-state index contributed by atoms with van der Waals surface area (Å²) in [7, 11) is 3.60. The number of nitrogens with zero attached hydrogens (tertiary/aromatic N) is 1.